The molecule has 1 unspecified atom stereocenters. The van der Waals surface area contributed by atoms with E-state index in [9.17, 15) is 4.79 Å². The number of carbonyl (C=O) groups is 1. The predicted molar refractivity (Wildman–Crippen MR) is 86.4 cm³/mol. The Hall–Kier alpha value is -1.69. The second kappa shape index (κ2) is 7.36. The van der Waals surface area contributed by atoms with Crippen LogP contribution < -0.4 is 5.32 Å². The fourth-order valence-electron chi connectivity index (χ4n) is 2.33. The van der Waals surface area contributed by atoms with Crippen molar-refractivity contribution in [2.75, 3.05) is 12.0 Å². The summed E-state index contributed by atoms with van der Waals surface area (Å²) in [5.74, 6) is 1.01. The number of amides is 1. The van der Waals surface area contributed by atoms with E-state index >= 15 is 0 Å². The molecule has 0 aliphatic heterocycles. The van der Waals surface area contributed by atoms with E-state index in [4.69, 9.17) is 0 Å². The van der Waals surface area contributed by atoms with E-state index in [0.29, 0.717) is 6.54 Å². The lowest BCUT2D eigenvalue weighted by Gasteiger charge is -2.18. The smallest absolute Gasteiger partial charge is 0.243 e. The van der Waals surface area contributed by atoms with Crippen LogP contribution in [-0.4, -0.2) is 32.7 Å². The highest BCUT2D eigenvalue weighted by Crippen LogP contribution is 2.16. The highest BCUT2D eigenvalue weighted by Gasteiger charge is 2.19. The van der Waals surface area contributed by atoms with Crippen LogP contribution in [0.1, 0.15) is 29.4 Å². The summed E-state index contributed by atoms with van der Waals surface area (Å²) in [6.45, 7) is 4.44. The zero-order valence-electron chi connectivity index (χ0n) is 12.7. The first-order chi connectivity index (χ1) is 10.1. The highest BCUT2D eigenvalue weighted by atomic mass is 32.2. The van der Waals surface area contributed by atoms with Gasteiger partial charge in [0.2, 0.25) is 5.91 Å². The molecule has 0 aliphatic rings. The number of nitrogens with zero attached hydrogens (tertiary/aromatic N) is 2. The molecule has 2 heterocycles. The number of aromatic amines is 1. The third-order valence-electron chi connectivity index (χ3n) is 3.61. The fraction of sp³-hybridized carbons (Fsp3) is 0.467. The third kappa shape index (κ3) is 3.91. The minimum atomic E-state index is -0.153. The van der Waals surface area contributed by atoms with Crippen molar-refractivity contribution < 1.29 is 4.79 Å². The summed E-state index contributed by atoms with van der Waals surface area (Å²) in [7, 11) is 0. The van der Waals surface area contributed by atoms with Crippen LogP contribution in [0.15, 0.2) is 24.5 Å². The highest BCUT2D eigenvalue weighted by molar-refractivity contribution is 7.98. The van der Waals surface area contributed by atoms with Gasteiger partial charge in [-0.3, -0.25) is 9.89 Å². The van der Waals surface area contributed by atoms with Crippen molar-refractivity contribution in [1.29, 1.82) is 0 Å². The fourth-order valence-corrected chi connectivity index (χ4v) is 2.79. The molecule has 114 valence electrons. The van der Waals surface area contributed by atoms with E-state index in [0.717, 1.165) is 29.1 Å². The molecule has 0 fully saturated rings. The summed E-state index contributed by atoms with van der Waals surface area (Å²) in [5.41, 5.74) is 3.02. The van der Waals surface area contributed by atoms with Crippen LogP contribution in [-0.2, 0) is 11.3 Å². The minimum Gasteiger partial charge on any atom is -0.350 e. The van der Waals surface area contributed by atoms with Crippen LogP contribution in [0, 0.1) is 13.8 Å². The molecule has 0 aromatic carbocycles. The zero-order valence-corrected chi connectivity index (χ0v) is 13.5. The predicted octanol–water partition coefficient (Wildman–Crippen LogP) is 2.44. The third-order valence-corrected chi connectivity index (χ3v) is 4.25. The number of nitrogens with one attached hydrogen (secondary N) is 2. The van der Waals surface area contributed by atoms with Gasteiger partial charge in [0.25, 0.3) is 0 Å². The summed E-state index contributed by atoms with van der Waals surface area (Å²) in [4.78, 5) is 12.5. The standard InChI is InChI=1S/C15H22N4OS/c1-11-13(12(2)18-17-11)10-16-15(20)14(6-9-21-3)19-7-4-5-8-19/h4-5,7-8,14H,6,9-10H2,1-3H3,(H,16,20)(H,17,18). The van der Waals surface area contributed by atoms with E-state index in [2.05, 4.69) is 21.8 Å². The molecular formula is C15H22N4OS. The molecule has 5 nitrogen and oxygen atoms in total. The molecule has 21 heavy (non-hydrogen) atoms. The number of hydrogen-bond acceptors (Lipinski definition) is 3. The van der Waals surface area contributed by atoms with Gasteiger partial charge in [-0.05, 0) is 44.4 Å². The van der Waals surface area contributed by atoms with Crippen molar-refractivity contribution in [3.63, 3.8) is 0 Å². The molecule has 6 heteroatoms. The molecule has 2 aromatic heterocycles. The van der Waals surface area contributed by atoms with Crippen LogP contribution in [0.5, 0.6) is 0 Å². The van der Waals surface area contributed by atoms with Crippen molar-refractivity contribution in [1.82, 2.24) is 20.1 Å². The van der Waals surface area contributed by atoms with E-state index in [1.54, 1.807) is 11.8 Å². The van der Waals surface area contributed by atoms with Crippen LogP contribution in [0.25, 0.3) is 0 Å². The van der Waals surface area contributed by atoms with Gasteiger partial charge in [0, 0.05) is 30.2 Å². The normalized spacial score (nSPS) is 12.3. The van der Waals surface area contributed by atoms with E-state index in [1.807, 2.05) is 42.9 Å². The Balaban J connectivity index is 2.02. The van der Waals surface area contributed by atoms with Gasteiger partial charge in [-0.2, -0.15) is 16.9 Å². The van der Waals surface area contributed by atoms with Gasteiger partial charge >= 0.3 is 0 Å². The van der Waals surface area contributed by atoms with E-state index in [-0.39, 0.29) is 11.9 Å². The van der Waals surface area contributed by atoms with E-state index in [1.165, 1.54) is 0 Å². The maximum Gasteiger partial charge on any atom is 0.243 e. The second-order valence-electron chi connectivity index (χ2n) is 5.06. The number of hydrogen-bond donors (Lipinski definition) is 2. The maximum absolute atomic E-state index is 12.5. The zero-order chi connectivity index (χ0) is 15.2. The van der Waals surface area contributed by atoms with Crippen LogP contribution >= 0.6 is 11.8 Å². The van der Waals surface area contributed by atoms with E-state index < -0.39 is 0 Å². The monoisotopic (exact) mass is 306 g/mol. The summed E-state index contributed by atoms with van der Waals surface area (Å²) in [6.07, 6.45) is 6.77. The molecule has 0 radical (unpaired) electrons. The Morgan fingerprint density at radius 1 is 1.43 bits per heavy atom. The first-order valence-electron chi connectivity index (χ1n) is 7.03. The molecular weight excluding hydrogens is 284 g/mol. The molecule has 2 aromatic rings. The number of rotatable bonds is 7. The van der Waals surface area contributed by atoms with Crippen molar-refractivity contribution in [3.8, 4) is 0 Å². The summed E-state index contributed by atoms with van der Waals surface area (Å²) < 4.78 is 1.97. The largest absolute Gasteiger partial charge is 0.350 e. The van der Waals surface area contributed by atoms with Crippen LogP contribution in [0.2, 0.25) is 0 Å². The number of carbonyl (C=O) groups excluding carboxylic acids is 1. The molecule has 0 bridgehead atoms. The van der Waals surface area contributed by atoms with Gasteiger partial charge in [-0.15, -0.1) is 0 Å². The Kier molecular flexibility index (Phi) is 5.50. The summed E-state index contributed by atoms with van der Waals surface area (Å²) in [6, 6.07) is 3.74. The SMILES string of the molecule is CSCCC(C(=O)NCc1c(C)n[nH]c1C)n1cccc1. The minimum absolute atomic E-state index is 0.0558. The first kappa shape index (κ1) is 15.7. The Morgan fingerprint density at radius 2 is 2.14 bits per heavy atom. The topological polar surface area (TPSA) is 62.7 Å². The van der Waals surface area contributed by atoms with Crippen molar-refractivity contribution in [2.24, 2.45) is 0 Å². The van der Waals surface area contributed by atoms with Crippen LogP contribution in [0.3, 0.4) is 0 Å². The van der Waals surface area contributed by atoms with Crippen LogP contribution in [0.4, 0.5) is 0 Å². The summed E-state index contributed by atoms with van der Waals surface area (Å²) >= 11 is 1.76. The molecule has 1 amide bonds. The first-order valence-corrected chi connectivity index (χ1v) is 8.42. The Labute approximate surface area is 129 Å². The van der Waals surface area contributed by atoms with Gasteiger partial charge in [-0.1, -0.05) is 0 Å². The summed E-state index contributed by atoms with van der Waals surface area (Å²) in [5, 5.41) is 10.1. The number of H-pyrrole nitrogens is 1. The second-order valence-corrected chi connectivity index (χ2v) is 6.04. The lowest BCUT2D eigenvalue weighted by Crippen LogP contribution is -2.32. The van der Waals surface area contributed by atoms with Crippen molar-refractivity contribution >= 4 is 17.7 Å². The Morgan fingerprint density at radius 3 is 2.71 bits per heavy atom. The molecule has 0 spiro atoms. The van der Waals surface area contributed by atoms with Gasteiger partial charge in [0.15, 0.2) is 0 Å². The quantitative estimate of drug-likeness (QED) is 0.826. The molecule has 2 N–H and O–H groups in total. The average molecular weight is 306 g/mol. The average Bonchev–Trinajstić information content (AvgIpc) is 3.09. The lowest BCUT2D eigenvalue weighted by atomic mass is 10.1. The van der Waals surface area contributed by atoms with Crippen molar-refractivity contribution in [3.05, 3.63) is 41.5 Å². The molecule has 0 saturated heterocycles. The number of thioether (sulfide) groups is 1. The molecule has 0 saturated carbocycles. The van der Waals surface area contributed by atoms with Crippen molar-refractivity contribution in [2.45, 2.75) is 32.9 Å². The number of aromatic nitrogens is 3. The number of aryl methyl sites for hydroxylation is 2. The van der Waals surface area contributed by atoms with Gasteiger partial charge in [0.1, 0.15) is 6.04 Å². The molecule has 2 rings (SSSR count). The van der Waals surface area contributed by atoms with Gasteiger partial charge in [-0.25, -0.2) is 0 Å². The lowest BCUT2D eigenvalue weighted by molar-refractivity contribution is -0.124. The van der Waals surface area contributed by atoms with Gasteiger partial charge < -0.3 is 9.88 Å². The maximum atomic E-state index is 12.5. The molecule has 0 aliphatic carbocycles. The Bertz CT molecular complexity index is 557. The van der Waals surface area contributed by atoms with Gasteiger partial charge in [0.05, 0.1) is 5.69 Å². The molecule has 1 atom stereocenters.